The first-order chi connectivity index (χ1) is 9.47. The third-order valence-corrected chi connectivity index (χ3v) is 2.71. The van der Waals surface area contributed by atoms with Crippen molar-refractivity contribution in [2.45, 2.75) is 0 Å². The van der Waals surface area contributed by atoms with E-state index in [4.69, 9.17) is 10.2 Å². The summed E-state index contributed by atoms with van der Waals surface area (Å²) >= 11 is 0. The number of aromatic amines is 1. The maximum Gasteiger partial charge on any atom is 0.417 e. The Morgan fingerprint density at radius 2 is 2.15 bits per heavy atom. The molecule has 1 aromatic carbocycles. The maximum atomic E-state index is 11.3. The molecule has 0 fully saturated rings. The number of nitrogens with one attached hydrogen (secondary N) is 3. The van der Waals surface area contributed by atoms with Gasteiger partial charge in [-0.1, -0.05) is 0 Å². The van der Waals surface area contributed by atoms with Crippen LogP contribution < -0.4 is 22.1 Å². The predicted octanol–water partition coefficient (Wildman–Crippen LogP) is 0.386. The molecule has 0 atom stereocenters. The average Bonchev–Trinajstić information content (AvgIpc) is 2.73. The summed E-state index contributed by atoms with van der Waals surface area (Å²) in [7, 11) is 3.34. The van der Waals surface area contributed by atoms with Crippen molar-refractivity contribution in [1.82, 2.24) is 15.2 Å². The van der Waals surface area contributed by atoms with Crippen LogP contribution in [0.15, 0.2) is 21.3 Å². The van der Waals surface area contributed by atoms with E-state index >= 15 is 0 Å². The minimum atomic E-state index is -0.519. The molecule has 0 saturated heterocycles. The Bertz CT molecular complexity index is 673. The topological polar surface area (TPSA) is 116 Å². The van der Waals surface area contributed by atoms with Crippen molar-refractivity contribution in [2.24, 2.45) is 0 Å². The summed E-state index contributed by atoms with van der Waals surface area (Å²) in [5.74, 6) is -0.519. The first-order valence-corrected chi connectivity index (χ1v) is 6.09. The zero-order valence-electron chi connectivity index (χ0n) is 11.3. The Morgan fingerprint density at radius 1 is 1.40 bits per heavy atom. The predicted molar refractivity (Wildman–Crippen MR) is 76.8 cm³/mol. The number of carbonyl (C=O) groups excluding carboxylic acids is 1. The molecule has 20 heavy (non-hydrogen) atoms. The monoisotopic (exact) mass is 279 g/mol. The molecule has 2 aromatic rings. The van der Waals surface area contributed by atoms with Crippen LogP contribution >= 0.6 is 0 Å². The summed E-state index contributed by atoms with van der Waals surface area (Å²) in [6, 6.07) is 3.12. The molecular formula is C12H17N5O3. The number of aromatic nitrogens is 1. The Kier molecular flexibility index (Phi) is 3.83. The first kappa shape index (κ1) is 13.8. The zero-order valence-corrected chi connectivity index (χ0v) is 11.3. The Balaban J connectivity index is 1.97. The van der Waals surface area contributed by atoms with E-state index in [0.717, 1.165) is 0 Å². The number of oxazole rings is 1. The standard InChI is InChI=1S/C12H17N5O3/c1-17(2)11(18)15-4-3-14-8-6-9-10(5-7(8)13)20-12(19)16-9/h5-6,14H,3-4,13H2,1-2H3,(H,15,18)(H,16,19). The van der Waals surface area contributed by atoms with Crippen molar-refractivity contribution >= 4 is 28.5 Å². The third kappa shape index (κ3) is 3.02. The van der Waals surface area contributed by atoms with Crippen molar-refractivity contribution in [3.63, 3.8) is 0 Å². The molecule has 0 spiro atoms. The fraction of sp³-hybridized carbons (Fsp3) is 0.333. The molecule has 0 unspecified atom stereocenters. The Labute approximate surface area is 114 Å². The van der Waals surface area contributed by atoms with E-state index < -0.39 is 5.76 Å². The molecule has 2 amide bonds. The van der Waals surface area contributed by atoms with Gasteiger partial charge in [-0.2, -0.15) is 0 Å². The van der Waals surface area contributed by atoms with Gasteiger partial charge in [-0.3, -0.25) is 4.98 Å². The fourth-order valence-corrected chi connectivity index (χ4v) is 1.69. The molecule has 1 heterocycles. The van der Waals surface area contributed by atoms with E-state index in [0.29, 0.717) is 35.6 Å². The van der Waals surface area contributed by atoms with Gasteiger partial charge < -0.3 is 25.7 Å². The number of fused-ring (bicyclic) bond motifs is 1. The largest absolute Gasteiger partial charge is 0.417 e. The number of benzene rings is 1. The fourth-order valence-electron chi connectivity index (χ4n) is 1.69. The number of amides is 2. The molecule has 0 saturated carbocycles. The van der Waals surface area contributed by atoms with Crippen LogP contribution in [0.1, 0.15) is 0 Å². The van der Waals surface area contributed by atoms with Gasteiger partial charge in [-0.05, 0) is 6.07 Å². The molecule has 0 aliphatic carbocycles. The van der Waals surface area contributed by atoms with Crippen molar-refractivity contribution in [3.05, 3.63) is 22.7 Å². The number of anilines is 2. The van der Waals surface area contributed by atoms with Crippen molar-refractivity contribution in [1.29, 1.82) is 0 Å². The van der Waals surface area contributed by atoms with Crippen LogP contribution in [0, 0.1) is 0 Å². The SMILES string of the molecule is CN(C)C(=O)NCCNc1cc2[nH]c(=O)oc2cc1N. The second-order valence-electron chi connectivity index (χ2n) is 4.50. The van der Waals surface area contributed by atoms with Crippen LogP contribution in [0.2, 0.25) is 0 Å². The lowest BCUT2D eigenvalue weighted by molar-refractivity contribution is 0.218. The van der Waals surface area contributed by atoms with Crippen molar-refractivity contribution in [3.8, 4) is 0 Å². The number of rotatable bonds is 4. The lowest BCUT2D eigenvalue weighted by Crippen LogP contribution is -2.37. The normalized spacial score (nSPS) is 10.5. The van der Waals surface area contributed by atoms with E-state index in [1.807, 2.05) is 0 Å². The number of hydrogen-bond donors (Lipinski definition) is 4. The van der Waals surface area contributed by atoms with E-state index in [-0.39, 0.29) is 6.03 Å². The molecule has 0 aliphatic rings. The van der Waals surface area contributed by atoms with Crippen molar-refractivity contribution < 1.29 is 9.21 Å². The average molecular weight is 279 g/mol. The Hall–Kier alpha value is -2.64. The molecular weight excluding hydrogens is 262 g/mol. The summed E-state index contributed by atoms with van der Waals surface area (Å²) in [6.45, 7) is 0.966. The molecule has 0 radical (unpaired) electrons. The number of carbonyl (C=O) groups is 1. The number of H-pyrrole nitrogens is 1. The number of urea groups is 1. The molecule has 8 heteroatoms. The molecule has 5 N–H and O–H groups in total. The van der Waals surface area contributed by atoms with Crippen LogP contribution in [-0.2, 0) is 0 Å². The van der Waals surface area contributed by atoms with Crippen molar-refractivity contribution in [2.75, 3.05) is 38.2 Å². The summed E-state index contributed by atoms with van der Waals surface area (Å²) in [6.07, 6.45) is 0. The van der Waals surface area contributed by atoms with Gasteiger partial charge in [0.15, 0.2) is 5.58 Å². The molecule has 0 aliphatic heterocycles. The highest BCUT2D eigenvalue weighted by Gasteiger charge is 2.07. The van der Waals surface area contributed by atoms with Gasteiger partial charge in [0.05, 0.1) is 16.9 Å². The molecule has 1 aromatic heterocycles. The lowest BCUT2D eigenvalue weighted by Gasteiger charge is -2.13. The highest BCUT2D eigenvalue weighted by molar-refractivity contribution is 5.85. The second-order valence-corrected chi connectivity index (χ2v) is 4.50. The lowest BCUT2D eigenvalue weighted by atomic mass is 10.2. The summed E-state index contributed by atoms with van der Waals surface area (Å²) in [4.78, 5) is 26.4. The highest BCUT2D eigenvalue weighted by atomic mass is 16.4. The number of hydrogen-bond acceptors (Lipinski definition) is 5. The molecule has 2 rings (SSSR count). The smallest absolute Gasteiger partial charge is 0.408 e. The summed E-state index contributed by atoms with van der Waals surface area (Å²) in [5.41, 5.74) is 7.99. The van der Waals surface area contributed by atoms with Crippen LogP contribution in [0.25, 0.3) is 11.1 Å². The van der Waals surface area contributed by atoms with Gasteiger partial charge in [-0.15, -0.1) is 0 Å². The van der Waals surface area contributed by atoms with Gasteiger partial charge in [-0.25, -0.2) is 9.59 Å². The van der Waals surface area contributed by atoms with E-state index in [1.165, 1.54) is 4.90 Å². The van der Waals surface area contributed by atoms with E-state index in [9.17, 15) is 9.59 Å². The van der Waals surface area contributed by atoms with E-state index in [1.54, 1.807) is 26.2 Å². The number of nitrogens with two attached hydrogens (primary N) is 1. The Morgan fingerprint density at radius 3 is 2.85 bits per heavy atom. The van der Waals surface area contributed by atoms with Crippen LogP contribution in [-0.4, -0.2) is 43.1 Å². The number of nitrogen functional groups attached to an aromatic ring is 1. The molecule has 0 bridgehead atoms. The van der Waals surface area contributed by atoms with Gasteiger partial charge in [0.2, 0.25) is 0 Å². The van der Waals surface area contributed by atoms with E-state index in [2.05, 4.69) is 15.6 Å². The third-order valence-electron chi connectivity index (χ3n) is 2.71. The maximum absolute atomic E-state index is 11.3. The van der Waals surface area contributed by atoms with Gasteiger partial charge in [0.25, 0.3) is 0 Å². The quantitative estimate of drug-likeness (QED) is 0.477. The number of nitrogens with zero attached hydrogens (tertiary/aromatic N) is 1. The highest BCUT2D eigenvalue weighted by Crippen LogP contribution is 2.23. The minimum absolute atomic E-state index is 0.158. The first-order valence-electron chi connectivity index (χ1n) is 6.09. The van der Waals surface area contributed by atoms with Gasteiger partial charge in [0, 0.05) is 33.3 Å². The summed E-state index contributed by atoms with van der Waals surface area (Å²) < 4.78 is 4.91. The zero-order chi connectivity index (χ0) is 14.7. The summed E-state index contributed by atoms with van der Waals surface area (Å²) in [5, 5.41) is 5.81. The molecule has 108 valence electrons. The minimum Gasteiger partial charge on any atom is -0.408 e. The second kappa shape index (κ2) is 5.55. The van der Waals surface area contributed by atoms with Crippen LogP contribution in [0.4, 0.5) is 16.2 Å². The molecule has 8 nitrogen and oxygen atoms in total. The van der Waals surface area contributed by atoms with Crippen LogP contribution in [0.5, 0.6) is 0 Å². The van der Waals surface area contributed by atoms with Gasteiger partial charge >= 0.3 is 11.8 Å². The van der Waals surface area contributed by atoms with Gasteiger partial charge in [0.1, 0.15) is 0 Å². The van der Waals surface area contributed by atoms with Crippen LogP contribution in [0.3, 0.4) is 0 Å².